The highest BCUT2D eigenvalue weighted by Crippen LogP contribution is 2.36. The Bertz CT molecular complexity index is 1040. The molecule has 0 unspecified atom stereocenters. The van der Waals surface area contributed by atoms with E-state index >= 15 is 0 Å². The van der Waals surface area contributed by atoms with Gasteiger partial charge in [0.15, 0.2) is 0 Å². The number of halogens is 1. The van der Waals surface area contributed by atoms with Crippen LogP contribution in [-0.4, -0.2) is 34.7 Å². The molecule has 0 aromatic carbocycles. The first-order valence-electron chi connectivity index (χ1n) is 8.90. The second-order valence-electron chi connectivity index (χ2n) is 6.32. The van der Waals surface area contributed by atoms with Gasteiger partial charge in [0.2, 0.25) is 5.43 Å². The molecule has 1 aliphatic rings. The topological polar surface area (TPSA) is 111 Å². The average molecular weight is 387 g/mol. The summed E-state index contributed by atoms with van der Waals surface area (Å²) in [6, 6.07) is 2.87. The largest absolute Gasteiger partial charge is 0.464 e. The number of aromatic nitrogens is 2. The first-order chi connectivity index (χ1) is 13.5. The van der Waals surface area contributed by atoms with Gasteiger partial charge in [-0.2, -0.15) is 5.26 Å². The van der Waals surface area contributed by atoms with E-state index in [9.17, 15) is 18.8 Å². The quantitative estimate of drug-likeness (QED) is 0.528. The van der Waals surface area contributed by atoms with Crippen molar-refractivity contribution in [2.45, 2.75) is 38.6 Å². The average Bonchev–Trinajstić information content (AvgIpc) is 3.49. The number of nitrogens with zero attached hydrogens (tertiary/aromatic N) is 3. The molecular formula is C19H18FN3O5. The lowest BCUT2D eigenvalue weighted by Crippen LogP contribution is -2.22. The van der Waals surface area contributed by atoms with Gasteiger partial charge in [-0.1, -0.05) is 0 Å². The van der Waals surface area contributed by atoms with Gasteiger partial charge in [-0.25, -0.2) is 14.2 Å². The standard InChI is InChI=1S/C19H18FN3O5/c1-2-27-19(26)13-10-23(11-4-5-11)18-12(17(13)25)8-14(20)15(22-18)9-16(24)28-7-3-6-21/h8,10-11H,2-5,7,9H2,1H3. The number of fused-ring (bicyclic) bond motifs is 1. The number of nitriles is 1. The Morgan fingerprint density at radius 3 is 2.79 bits per heavy atom. The van der Waals surface area contributed by atoms with Crippen LogP contribution in [0.5, 0.6) is 0 Å². The van der Waals surface area contributed by atoms with Crippen LogP contribution < -0.4 is 5.43 Å². The lowest BCUT2D eigenvalue weighted by molar-refractivity contribution is -0.142. The zero-order chi connectivity index (χ0) is 20.3. The first kappa shape index (κ1) is 19.5. The minimum absolute atomic E-state index is 0.0389. The van der Waals surface area contributed by atoms with Gasteiger partial charge in [-0.15, -0.1) is 0 Å². The SMILES string of the molecule is CCOC(=O)c1cn(C2CC2)c2nc(CC(=O)OCCC#N)c(F)cc2c1=O. The van der Waals surface area contributed by atoms with E-state index < -0.39 is 29.6 Å². The van der Waals surface area contributed by atoms with E-state index in [1.54, 1.807) is 11.5 Å². The van der Waals surface area contributed by atoms with Crippen LogP contribution in [0.4, 0.5) is 4.39 Å². The molecule has 2 aromatic rings. The summed E-state index contributed by atoms with van der Waals surface area (Å²) >= 11 is 0. The van der Waals surface area contributed by atoms with Crippen LogP contribution in [0, 0.1) is 17.1 Å². The third kappa shape index (κ3) is 4.01. The minimum atomic E-state index is -0.842. The van der Waals surface area contributed by atoms with Gasteiger partial charge in [-0.3, -0.25) is 9.59 Å². The molecule has 1 saturated carbocycles. The van der Waals surface area contributed by atoms with Gasteiger partial charge in [0.05, 0.1) is 36.6 Å². The molecular weight excluding hydrogens is 369 g/mol. The maximum atomic E-state index is 14.5. The fourth-order valence-electron chi connectivity index (χ4n) is 2.79. The molecule has 3 rings (SSSR count). The predicted molar refractivity (Wildman–Crippen MR) is 95.1 cm³/mol. The van der Waals surface area contributed by atoms with Gasteiger partial charge in [0.25, 0.3) is 0 Å². The molecule has 8 nitrogen and oxygen atoms in total. The number of carbonyl (C=O) groups is 2. The highest BCUT2D eigenvalue weighted by molar-refractivity contribution is 5.93. The Kier molecular flexibility index (Phi) is 5.68. The zero-order valence-corrected chi connectivity index (χ0v) is 15.2. The third-order valence-electron chi connectivity index (χ3n) is 4.25. The van der Waals surface area contributed by atoms with Crippen molar-refractivity contribution in [2.75, 3.05) is 13.2 Å². The summed E-state index contributed by atoms with van der Waals surface area (Å²) < 4.78 is 25.9. The summed E-state index contributed by atoms with van der Waals surface area (Å²) in [5.41, 5.74) is -0.792. The monoisotopic (exact) mass is 387 g/mol. The van der Waals surface area contributed by atoms with Gasteiger partial charge >= 0.3 is 11.9 Å². The number of pyridine rings is 2. The number of rotatable bonds is 7. The van der Waals surface area contributed by atoms with Crippen LogP contribution in [-0.2, 0) is 20.7 Å². The molecule has 9 heteroatoms. The summed E-state index contributed by atoms with van der Waals surface area (Å²) in [4.78, 5) is 40.8. The fraction of sp³-hybridized carbons (Fsp3) is 0.421. The predicted octanol–water partition coefficient (Wildman–Crippen LogP) is 2.05. The van der Waals surface area contributed by atoms with Crippen molar-refractivity contribution in [3.05, 3.63) is 39.6 Å². The van der Waals surface area contributed by atoms with Gasteiger partial charge < -0.3 is 14.0 Å². The summed E-state index contributed by atoms with van der Waals surface area (Å²) in [6.45, 7) is 1.65. The molecule has 0 N–H and O–H groups in total. The van der Waals surface area contributed by atoms with Crippen LogP contribution in [0.2, 0.25) is 0 Å². The number of ether oxygens (including phenoxy) is 2. The van der Waals surface area contributed by atoms with Crippen LogP contribution in [0.15, 0.2) is 17.1 Å². The van der Waals surface area contributed by atoms with Gasteiger partial charge in [-0.05, 0) is 25.8 Å². The second-order valence-corrected chi connectivity index (χ2v) is 6.32. The summed E-state index contributed by atoms with van der Waals surface area (Å²) in [5, 5.41) is 8.42. The highest BCUT2D eigenvalue weighted by atomic mass is 19.1. The van der Waals surface area contributed by atoms with Gasteiger partial charge in [0, 0.05) is 12.2 Å². The summed E-state index contributed by atoms with van der Waals surface area (Å²) in [6.07, 6.45) is 2.68. The number of carbonyl (C=O) groups excluding carboxylic acids is 2. The Hall–Kier alpha value is -3.28. The molecule has 1 fully saturated rings. The number of esters is 2. The van der Waals surface area contributed by atoms with E-state index in [1.807, 2.05) is 6.07 Å². The van der Waals surface area contributed by atoms with Crippen molar-refractivity contribution in [1.29, 1.82) is 5.26 Å². The van der Waals surface area contributed by atoms with Crippen LogP contribution in [0.3, 0.4) is 0 Å². The molecule has 146 valence electrons. The minimum Gasteiger partial charge on any atom is -0.464 e. The molecule has 0 bridgehead atoms. The Balaban J connectivity index is 2.03. The van der Waals surface area contributed by atoms with E-state index in [1.165, 1.54) is 6.20 Å². The van der Waals surface area contributed by atoms with Crippen molar-refractivity contribution < 1.29 is 23.5 Å². The van der Waals surface area contributed by atoms with Gasteiger partial charge in [0.1, 0.15) is 23.6 Å². The first-order valence-corrected chi connectivity index (χ1v) is 8.90. The molecule has 1 aliphatic carbocycles. The van der Waals surface area contributed by atoms with Crippen LogP contribution in [0.1, 0.15) is 48.3 Å². The van der Waals surface area contributed by atoms with Crippen LogP contribution in [0.25, 0.3) is 11.0 Å². The Labute approximate surface area is 159 Å². The third-order valence-corrected chi connectivity index (χ3v) is 4.25. The number of hydrogen-bond acceptors (Lipinski definition) is 7. The maximum absolute atomic E-state index is 14.5. The van der Waals surface area contributed by atoms with Crippen LogP contribution >= 0.6 is 0 Å². The molecule has 0 radical (unpaired) electrons. The molecule has 0 atom stereocenters. The van der Waals surface area contributed by atoms with Crippen molar-refractivity contribution in [2.24, 2.45) is 0 Å². The van der Waals surface area contributed by atoms with E-state index in [4.69, 9.17) is 14.7 Å². The van der Waals surface area contributed by atoms with Crippen molar-refractivity contribution in [1.82, 2.24) is 9.55 Å². The molecule has 28 heavy (non-hydrogen) atoms. The smallest absolute Gasteiger partial charge is 0.343 e. The second kappa shape index (κ2) is 8.17. The Morgan fingerprint density at radius 2 is 2.14 bits per heavy atom. The van der Waals surface area contributed by atoms with E-state index in [0.29, 0.717) is 0 Å². The lowest BCUT2D eigenvalue weighted by Gasteiger charge is -2.13. The highest BCUT2D eigenvalue weighted by Gasteiger charge is 2.28. The maximum Gasteiger partial charge on any atom is 0.343 e. The normalized spacial score (nSPS) is 13.2. The van der Waals surface area contributed by atoms with E-state index in [0.717, 1.165) is 18.9 Å². The molecule has 0 saturated heterocycles. The molecule has 0 spiro atoms. The fourth-order valence-corrected chi connectivity index (χ4v) is 2.79. The zero-order valence-electron chi connectivity index (χ0n) is 15.2. The molecule has 0 amide bonds. The van der Waals surface area contributed by atoms with Crippen molar-refractivity contribution in [3.63, 3.8) is 0 Å². The molecule has 2 aromatic heterocycles. The van der Waals surface area contributed by atoms with Crippen molar-refractivity contribution in [3.8, 4) is 6.07 Å². The van der Waals surface area contributed by atoms with Crippen molar-refractivity contribution >= 4 is 23.0 Å². The Morgan fingerprint density at radius 1 is 1.39 bits per heavy atom. The lowest BCUT2D eigenvalue weighted by atomic mass is 10.1. The summed E-state index contributed by atoms with van der Waals surface area (Å²) in [7, 11) is 0. The number of hydrogen-bond donors (Lipinski definition) is 0. The molecule has 0 aliphatic heterocycles. The summed E-state index contributed by atoms with van der Waals surface area (Å²) in [5.74, 6) is -2.33. The van der Waals surface area contributed by atoms with E-state index in [-0.39, 0.29) is 48.0 Å². The molecule has 2 heterocycles. The van der Waals surface area contributed by atoms with E-state index in [2.05, 4.69) is 4.98 Å².